The quantitative estimate of drug-likeness (QED) is 0.247. The van der Waals surface area contributed by atoms with Crippen molar-refractivity contribution in [3.63, 3.8) is 0 Å². The second kappa shape index (κ2) is 12.2. The van der Waals surface area contributed by atoms with E-state index in [0.717, 1.165) is 34.4 Å². The first kappa shape index (κ1) is 29.1. The number of hydrogen-bond acceptors (Lipinski definition) is 8. The van der Waals surface area contributed by atoms with Gasteiger partial charge in [-0.3, -0.25) is 0 Å². The van der Waals surface area contributed by atoms with Crippen molar-refractivity contribution >= 4 is 5.97 Å². The fourth-order valence-electron chi connectivity index (χ4n) is 5.87. The van der Waals surface area contributed by atoms with E-state index in [1.54, 1.807) is 13.2 Å². The van der Waals surface area contributed by atoms with E-state index in [-0.39, 0.29) is 31.2 Å². The standard InChI is InChI=1S/C34H37NO7/c1-6-15-38-23-9-10-24-27(17-23)33(26(13-14-35)32(24)21-7-12-28-30(16-21)41-20-40-28)25-11-8-22(37-5)18-29(25)39-19-31(36)42-34(2,3)4/h7-12,16-18,26,32-33H,6,13,15,19-20H2,1-5H3. The number of nitriles is 1. The zero-order valence-electron chi connectivity index (χ0n) is 24.8. The van der Waals surface area contributed by atoms with Crippen LogP contribution in [-0.4, -0.2) is 38.7 Å². The van der Waals surface area contributed by atoms with E-state index in [1.165, 1.54) is 0 Å². The van der Waals surface area contributed by atoms with Gasteiger partial charge >= 0.3 is 5.97 Å². The Kier molecular flexibility index (Phi) is 8.49. The Hall–Kier alpha value is -4.38. The van der Waals surface area contributed by atoms with Gasteiger partial charge in [-0.15, -0.1) is 0 Å². The summed E-state index contributed by atoms with van der Waals surface area (Å²) in [6.45, 7) is 8.05. The molecule has 5 rings (SSSR count). The predicted molar refractivity (Wildman–Crippen MR) is 157 cm³/mol. The average Bonchev–Trinajstić information content (AvgIpc) is 3.55. The lowest BCUT2D eigenvalue weighted by Crippen LogP contribution is -2.27. The van der Waals surface area contributed by atoms with Crippen LogP contribution in [0.15, 0.2) is 54.6 Å². The summed E-state index contributed by atoms with van der Waals surface area (Å²) >= 11 is 0. The van der Waals surface area contributed by atoms with Crippen LogP contribution >= 0.6 is 0 Å². The number of methoxy groups -OCH3 is 1. The molecule has 0 bridgehead atoms. The number of ether oxygens (including phenoxy) is 6. The predicted octanol–water partition coefficient (Wildman–Crippen LogP) is 6.74. The summed E-state index contributed by atoms with van der Waals surface area (Å²) in [5, 5.41) is 10.1. The second-order valence-electron chi connectivity index (χ2n) is 11.5. The van der Waals surface area contributed by atoms with Crippen LogP contribution in [0.3, 0.4) is 0 Å². The van der Waals surface area contributed by atoms with Crippen LogP contribution in [0.5, 0.6) is 28.7 Å². The van der Waals surface area contributed by atoms with Crippen molar-refractivity contribution in [3.8, 4) is 34.8 Å². The molecule has 8 heteroatoms. The van der Waals surface area contributed by atoms with Gasteiger partial charge in [0.1, 0.15) is 22.8 Å². The Bertz CT molecular complexity index is 1490. The summed E-state index contributed by atoms with van der Waals surface area (Å²) in [7, 11) is 1.59. The minimum Gasteiger partial charge on any atom is -0.497 e. The number of rotatable bonds is 10. The van der Waals surface area contributed by atoms with Gasteiger partial charge in [0.15, 0.2) is 18.1 Å². The van der Waals surface area contributed by atoms with Crippen molar-refractivity contribution in [2.24, 2.45) is 5.92 Å². The third-order valence-corrected chi connectivity index (χ3v) is 7.46. The minimum atomic E-state index is -0.632. The maximum Gasteiger partial charge on any atom is 0.344 e. The van der Waals surface area contributed by atoms with Crippen LogP contribution in [0.1, 0.15) is 74.6 Å². The van der Waals surface area contributed by atoms with Gasteiger partial charge in [0.2, 0.25) is 6.79 Å². The van der Waals surface area contributed by atoms with Gasteiger partial charge in [-0.05, 0) is 80.1 Å². The molecule has 0 spiro atoms. The summed E-state index contributed by atoms with van der Waals surface area (Å²) in [5.41, 5.74) is 3.43. The molecule has 1 aliphatic heterocycles. The van der Waals surface area contributed by atoms with Gasteiger partial charge in [-0.1, -0.05) is 25.1 Å². The van der Waals surface area contributed by atoms with Gasteiger partial charge in [-0.25, -0.2) is 4.79 Å². The molecule has 220 valence electrons. The molecular weight excluding hydrogens is 534 g/mol. The Balaban J connectivity index is 1.61. The van der Waals surface area contributed by atoms with Crippen LogP contribution in [0.4, 0.5) is 0 Å². The van der Waals surface area contributed by atoms with Crippen LogP contribution in [0.25, 0.3) is 0 Å². The van der Waals surface area contributed by atoms with E-state index in [2.05, 4.69) is 25.1 Å². The summed E-state index contributed by atoms with van der Waals surface area (Å²) in [6, 6.07) is 20.2. The molecule has 0 saturated heterocycles. The lowest BCUT2D eigenvalue weighted by molar-refractivity contribution is -0.157. The van der Waals surface area contributed by atoms with Gasteiger partial charge in [0.25, 0.3) is 0 Å². The normalized spacial score (nSPS) is 18.6. The van der Waals surface area contributed by atoms with E-state index in [4.69, 9.17) is 28.4 Å². The lowest BCUT2D eigenvalue weighted by atomic mass is 9.77. The summed E-state index contributed by atoms with van der Waals surface area (Å²) < 4.78 is 34.4. The van der Waals surface area contributed by atoms with Crippen LogP contribution < -0.4 is 23.7 Å². The van der Waals surface area contributed by atoms with Crippen LogP contribution in [-0.2, 0) is 9.53 Å². The highest BCUT2D eigenvalue weighted by atomic mass is 16.7. The third kappa shape index (κ3) is 6.11. The highest BCUT2D eigenvalue weighted by molar-refractivity contribution is 5.71. The van der Waals surface area contributed by atoms with Crippen molar-refractivity contribution in [2.45, 2.75) is 58.0 Å². The van der Waals surface area contributed by atoms with Crippen LogP contribution in [0.2, 0.25) is 0 Å². The number of hydrogen-bond donors (Lipinski definition) is 0. The zero-order valence-corrected chi connectivity index (χ0v) is 24.8. The van der Waals surface area contributed by atoms with Crippen LogP contribution in [0, 0.1) is 17.2 Å². The molecular formula is C34H37NO7. The largest absolute Gasteiger partial charge is 0.497 e. The molecule has 8 nitrogen and oxygen atoms in total. The summed E-state index contributed by atoms with van der Waals surface area (Å²) in [5.74, 6) is 2.36. The third-order valence-electron chi connectivity index (χ3n) is 7.46. The Morgan fingerprint density at radius 2 is 1.69 bits per heavy atom. The molecule has 0 amide bonds. The number of fused-ring (bicyclic) bond motifs is 2. The van der Waals surface area contributed by atoms with E-state index in [1.807, 2.05) is 57.2 Å². The molecule has 0 radical (unpaired) electrons. The van der Waals surface area contributed by atoms with E-state index >= 15 is 0 Å². The fraction of sp³-hybridized carbons (Fsp3) is 0.412. The molecule has 3 atom stereocenters. The maximum atomic E-state index is 12.6. The average molecular weight is 572 g/mol. The first-order valence-corrected chi connectivity index (χ1v) is 14.3. The number of carbonyl (C=O) groups is 1. The molecule has 3 aromatic rings. The Morgan fingerprint density at radius 1 is 0.929 bits per heavy atom. The molecule has 0 fully saturated rings. The smallest absolute Gasteiger partial charge is 0.344 e. The topological polar surface area (TPSA) is 96.2 Å². The van der Waals surface area contributed by atoms with Crippen molar-refractivity contribution in [1.29, 1.82) is 5.26 Å². The van der Waals surface area contributed by atoms with Gasteiger partial charge in [0.05, 0.1) is 19.8 Å². The summed E-state index contributed by atoms with van der Waals surface area (Å²) in [6.07, 6.45) is 1.18. The number of nitrogens with zero attached hydrogens (tertiary/aromatic N) is 1. The van der Waals surface area contributed by atoms with E-state index < -0.39 is 11.6 Å². The molecule has 0 N–H and O–H groups in total. The minimum absolute atomic E-state index is 0.0971. The van der Waals surface area contributed by atoms with E-state index in [9.17, 15) is 10.1 Å². The highest BCUT2D eigenvalue weighted by Gasteiger charge is 2.44. The summed E-state index contributed by atoms with van der Waals surface area (Å²) in [4.78, 5) is 12.6. The molecule has 2 aliphatic rings. The fourth-order valence-corrected chi connectivity index (χ4v) is 5.87. The van der Waals surface area contributed by atoms with Gasteiger partial charge < -0.3 is 28.4 Å². The van der Waals surface area contributed by atoms with Gasteiger partial charge in [-0.2, -0.15) is 5.26 Å². The number of esters is 1. The molecule has 42 heavy (non-hydrogen) atoms. The van der Waals surface area contributed by atoms with Crippen molar-refractivity contribution < 1.29 is 33.2 Å². The first-order valence-electron chi connectivity index (χ1n) is 14.3. The van der Waals surface area contributed by atoms with Crippen molar-refractivity contribution in [1.82, 2.24) is 0 Å². The van der Waals surface area contributed by atoms with Crippen molar-refractivity contribution in [2.75, 3.05) is 27.1 Å². The molecule has 0 saturated carbocycles. The zero-order chi connectivity index (χ0) is 29.9. The molecule has 0 aromatic heterocycles. The van der Waals surface area contributed by atoms with Crippen molar-refractivity contribution in [3.05, 3.63) is 76.9 Å². The second-order valence-corrected chi connectivity index (χ2v) is 11.5. The molecule has 1 heterocycles. The number of carbonyl (C=O) groups excluding carboxylic acids is 1. The first-order chi connectivity index (χ1) is 20.2. The molecule has 3 aromatic carbocycles. The number of benzene rings is 3. The maximum absolute atomic E-state index is 12.6. The highest BCUT2D eigenvalue weighted by Crippen LogP contribution is 2.57. The monoisotopic (exact) mass is 571 g/mol. The van der Waals surface area contributed by atoms with Gasteiger partial charge in [0, 0.05) is 29.9 Å². The molecule has 3 unspecified atom stereocenters. The lowest BCUT2D eigenvalue weighted by Gasteiger charge is -2.26. The Labute approximate surface area is 247 Å². The SMILES string of the molecule is CCCOc1ccc2c(c1)C(c1ccc(OC)cc1OCC(=O)OC(C)(C)C)C(CC#N)C2c1ccc2c(c1)OCO2. The molecule has 1 aliphatic carbocycles. The Morgan fingerprint density at radius 3 is 2.43 bits per heavy atom. The van der Waals surface area contributed by atoms with E-state index in [0.29, 0.717) is 36.0 Å².